The van der Waals surface area contributed by atoms with Crippen molar-refractivity contribution in [3.63, 3.8) is 0 Å². The zero-order valence-electron chi connectivity index (χ0n) is 4.75. The van der Waals surface area contributed by atoms with E-state index in [-0.39, 0.29) is 0 Å². The molecule has 0 radical (unpaired) electrons. The van der Waals surface area contributed by atoms with Gasteiger partial charge in [0.05, 0.1) is 0 Å². The summed E-state index contributed by atoms with van der Waals surface area (Å²) in [6, 6.07) is 0. The molecule has 1 aliphatic rings. The lowest BCUT2D eigenvalue weighted by Crippen LogP contribution is -2.43. The third-order valence-electron chi connectivity index (χ3n) is 1.37. The Morgan fingerprint density at radius 1 is 1.38 bits per heavy atom. The minimum Gasteiger partial charge on any atom is -0.426 e. The van der Waals surface area contributed by atoms with Gasteiger partial charge in [0.25, 0.3) is 0 Å². The fourth-order valence-corrected chi connectivity index (χ4v) is 0.795. The standard InChI is InChI=1S/C4H10BNO2/c7-5(8)4-6-2-1-3-6/h7-8H,1-4H2. The topological polar surface area (TPSA) is 43.7 Å². The van der Waals surface area contributed by atoms with E-state index in [1.54, 1.807) is 0 Å². The van der Waals surface area contributed by atoms with Crippen LogP contribution < -0.4 is 0 Å². The Bertz CT molecular complexity index is 74.4. The molecule has 3 nitrogen and oxygen atoms in total. The van der Waals surface area contributed by atoms with Crippen LogP contribution in [0.1, 0.15) is 6.42 Å². The summed E-state index contributed by atoms with van der Waals surface area (Å²) in [6.45, 7) is 2.05. The van der Waals surface area contributed by atoms with Gasteiger partial charge in [-0.25, -0.2) is 0 Å². The normalized spacial score (nSPS) is 20.2. The highest BCUT2D eigenvalue weighted by atomic mass is 16.4. The van der Waals surface area contributed by atoms with Crippen LogP contribution >= 0.6 is 0 Å². The van der Waals surface area contributed by atoms with E-state index in [0.717, 1.165) is 13.1 Å². The van der Waals surface area contributed by atoms with Gasteiger partial charge in [0.1, 0.15) is 0 Å². The van der Waals surface area contributed by atoms with Gasteiger partial charge in [-0.15, -0.1) is 0 Å². The van der Waals surface area contributed by atoms with Crippen molar-refractivity contribution < 1.29 is 10.0 Å². The minimum atomic E-state index is -1.14. The molecule has 1 rings (SSSR count). The highest BCUT2D eigenvalue weighted by Gasteiger charge is 2.18. The first-order chi connectivity index (χ1) is 3.79. The number of hydrogen-bond donors (Lipinski definition) is 2. The van der Waals surface area contributed by atoms with E-state index in [9.17, 15) is 0 Å². The van der Waals surface area contributed by atoms with Gasteiger partial charge < -0.3 is 14.9 Å². The first-order valence-corrected chi connectivity index (χ1v) is 2.87. The van der Waals surface area contributed by atoms with E-state index >= 15 is 0 Å². The van der Waals surface area contributed by atoms with Crippen molar-refractivity contribution in [1.29, 1.82) is 0 Å². The Kier molecular flexibility index (Phi) is 1.88. The molecular formula is C4H10BNO2. The van der Waals surface area contributed by atoms with Crippen molar-refractivity contribution in [2.24, 2.45) is 0 Å². The lowest BCUT2D eigenvalue weighted by atomic mass is 9.90. The Hall–Kier alpha value is -0.0551. The smallest absolute Gasteiger partial charge is 0.426 e. The zero-order chi connectivity index (χ0) is 5.98. The molecule has 46 valence electrons. The quantitative estimate of drug-likeness (QED) is 0.440. The molecule has 1 aliphatic heterocycles. The summed E-state index contributed by atoms with van der Waals surface area (Å²) >= 11 is 0. The van der Waals surface area contributed by atoms with Gasteiger partial charge in [0.15, 0.2) is 0 Å². The molecule has 1 heterocycles. The second-order valence-corrected chi connectivity index (χ2v) is 2.13. The molecule has 0 bridgehead atoms. The predicted molar refractivity (Wildman–Crippen MR) is 31.2 cm³/mol. The van der Waals surface area contributed by atoms with E-state index < -0.39 is 7.12 Å². The number of nitrogens with zero attached hydrogens (tertiary/aromatic N) is 1. The molecule has 0 aromatic carbocycles. The number of rotatable bonds is 2. The Balaban J connectivity index is 2.01. The fraction of sp³-hybridized carbons (Fsp3) is 1.00. The molecule has 0 spiro atoms. The average molecular weight is 115 g/mol. The molecule has 8 heavy (non-hydrogen) atoms. The second-order valence-electron chi connectivity index (χ2n) is 2.13. The summed E-state index contributed by atoms with van der Waals surface area (Å²) in [5.41, 5.74) is 0. The SMILES string of the molecule is OB(O)CN1CCC1. The Labute approximate surface area is 49.1 Å². The molecule has 1 fully saturated rings. The third-order valence-corrected chi connectivity index (χ3v) is 1.37. The third kappa shape index (κ3) is 1.47. The van der Waals surface area contributed by atoms with Gasteiger partial charge in [0, 0.05) is 6.44 Å². The number of likely N-dealkylation sites (tertiary alicyclic amines) is 1. The van der Waals surface area contributed by atoms with Crippen molar-refractivity contribution >= 4 is 7.12 Å². The van der Waals surface area contributed by atoms with Crippen LogP contribution in [0.5, 0.6) is 0 Å². The monoisotopic (exact) mass is 115 g/mol. The summed E-state index contributed by atoms with van der Waals surface area (Å²) in [4.78, 5) is 2.00. The molecule has 0 atom stereocenters. The maximum absolute atomic E-state index is 8.40. The van der Waals surface area contributed by atoms with Crippen LogP contribution in [0.3, 0.4) is 0 Å². The van der Waals surface area contributed by atoms with Crippen LogP contribution in [0.25, 0.3) is 0 Å². The van der Waals surface area contributed by atoms with E-state index in [4.69, 9.17) is 10.0 Å². The summed E-state index contributed by atoms with van der Waals surface area (Å²) < 4.78 is 0. The molecule has 0 amide bonds. The van der Waals surface area contributed by atoms with Gasteiger partial charge >= 0.3 is 7.12 Å². The van der Waals surface area contributed by atoms with E-state index in [0.29, 0.717) is 6.44 Å². The largest absolute Gasteiger partial charge is 0.466 e. The van der Waals surface area contributed by atoms with Crippen LogP contribution in [0.4, 0.5) is 0 Å². The molecule has 1 saturated heterocycles. The Morgan fingerprint density at radius 2 is 2.00 bits per heavy atom. The lowest BCUT2D eigenvalue weighted by Gasteiger charge is -2.29. The van der Waals surface area contributed by atoms with Gasteiger partial charge in [-0.05, 0) is 19.5 Å². The maximum Gasteiger partial charge on any atom is 0.466 e. The van der Waals surface area contributed by atoms with Crippen molar-refractivity contribution in [2.75, 3.05) is 19.5 Å². The highest BCUT2D eigenvalue weighted by molar-refractivity contribution is 6.41. The first-order valence-electron chi connectivity index (χ1n) is 2.87. The summed E-state index contributed by atoms with van der Waals surface area (Å²) in [7, 11) is -1.14. The summed E-state index contributed by atoms with van der Waals surface area (Å²) in [6.07, 6.45) is 1.62. The van der Waals surface area contributed by atoms with Crippen molar-refractivity contribution in [3.05, 3.63) is 0 Å². The minimum absolute atomic E-state index is 0.417. The molecule has 4 heteroatoms. The summed E-state index contributed by atoms with van der Waals surface area (Å²) in [5.74, 6) is 0. The molecule has 2 N–H and O–H groups in total. The van der Waals surface area contributed by atoms with Crippen LogP contribution in [0.15, 0.2) is 0 Å². The van der Waals surface area contributed by atoms with Gasteiger partial charge in [-0.1, -0.05) is 0 Å². The van der Waals surface area contributed by atoms with Crippen molar-refractivity contribution in [2.45, 2.75) is 6.42 Å². The second kappa shape index (κ2) is 2.48. The lowest BCUT2D eigenvalue weighted by molar-refractivity contribution is 0.194. The van der Waals surface area contributed by atoms with Crippen LogP contribution in [-0.2, 0) is 0 Å². The Morgan fingerprint density at radius 3 is 2.12 bits per heavy atom. The van der Waals surface area contributed by atoms with Crippen LogP contribution in [0.2, 0.25) is 0 Å². The maximum atomic E-state index is 8.40. The van der Waals surface area contributed by atoms with Gasteiger partial charge in [-0.2, -0.15) is 0 Å². The van der Waals surface area contributed by atoms with Gasteiger partial charge in [0.2, 0.25) is 0 Å². The molecule has 0 aliphatic carbocycles. The molecule has 0 aromatic heterocycles. The van der Waals surface area contributed by atoms with Crippen LogP contribution in [-0.4, -0.2) is 41.6 Å². The van der Waals surface area contributed by atoms with Crippen LogP contribution in [0, 0.1) is 0 Å². The highest BCUT2D eigenvalue weighted by Crippen LogP contribution is 2.03. The molecule has 0 saturated carbocycles. The predicted octanol–water partition coefficient (Wildman–Crippen LogP) is -1.30. The van der Waals surface area contributed by atoms with Gasteiger partial charge in [-0.3, -0.25) is 0 Å². The fourth-order valence-electron chi connectivity index (χ4n) is 0.795. The molecular weight excluding hydrogens is 105 g/mol. The number of hydrogen-bond acceptors (Lipinski definition) is 3. The molecule has 0 unspecified atom stereocenters. The van der Waals surface area contributed by atoms with E-state index in [1.807, 2.05) is 4.90 Å². The first kappa shape index (κ1) is 6.07. The average Bonchev–Trinajstić information content (AvgIpc) is 1.55. The van der Waals surface area contributed by atoms with Crippen molar-refractivity contribution in [1.82, 2.24) is 4.90 Å². The van der Waals surface area contributed by atoms with E-state index in [2.05, 4.69) is 0 Å². The van der Waals surface area contributed by atoms with E-state index in [1.165, 1.54) is 6.42 Å². The van der Waals surface area contributed by atoms with Crippen molar-refractivity contribution in [3.8, 4) is 0 Å². The zero-order valence-corrected chi connectivity index (χ0v) is 4.75. The molecule has 0 aromatic rings. The summed E-state index contributed by atoms with van der Waals surface area (Å²) in [5, 5.41) is 16.8.